The molecule has 0 radical (unpaired) electrons. The zero-order chi connectivity index (χ0) is 12.0. The number of rotatable bonds is 2. The van der Waals surface area contributed by atoms with Crippen molar-refractivity contribution in [2.45, 2.75) is 19.3 Å². The van der Waals surface area contributed by atoms with Crippen LogP contribution in [0.3, 0.4) is 0 Å². The highest BCUT2D eigenvalue weighted by Crippen LogP contribution is 2.48. The minimum atomic E-state index is -1.06. The first-order valence-corrected chi connectivity index (χ1v) is 7.19. The molecule has 2 aliphatic rings. The average Bonchev–Trinajstić information content (AvgIpc) is 2.64. The fourth-order valence-corrected chi connectivity index (χ4v) is 4.25. The van der Waals surface area contributed by atoms with Crippen LogP contribution in [-0.4, -0.2) is 31.8 Å². The van der Waals surface area contributed by atoms with E-state index in [9.17, 15) is 8.68 Å². The molecule has 1 N–H and O–H groups in total. The number of halogens is 1. The maximum absolute atomic E-state index is 12.8. The van der Waals surface area contributed by atoms with Gasteiger partial charge in [0.2, 0.25) is 0 Å². The summed E-state index contributed by atoms with van der Waals surface area (Å²) in [5.41, 5.74) is 1.78. The number of aromatic nitrogens is 2. The zero-order valence-corrected chi connectivity index (χ0v) is 10.6. The Morgan fingerprint density at radius 1 is 1.59 bits per heavy atom. The molecule has 2 heterocycles. The maximum Gasteiger partial charge on any atom is 0.356 e. The van der Waals surface area contributed by atoms with Crippen LogP contribution in [-0.2, 0) is 12.8 Å². The Morgan fingerprint density at radius 2 is 2.35 bits per heavy atom. The Bertz CT molecular complexity index is 485. The van der Waals surface area contributed by atoms with Crippen molar-refractivity contribution in [3.8, 4) is 0 Å². The molecule has 0 saturated carbocycles. The SMILES string of the molecule is O=C(O)c1nn(SF)c2c1CCC1(CSC1)C2. The van der Waals surface area contributed by atoms with E-state index in [1.165, 1.54) is 0 Å². The standard InChI is InChI=1S/C10H11FN2O2S2/c11-17-13-7-3-10(4-16-5-10)2-1-6(7)8(12-13)9(14)15/h1-5H2,(H,14,15). The van der Waals surface area contributed by atoms with Crippen LogP contribution in [0.4, 0.5) is 3.89 Å². The molecule has 1 fully saturated rings. The van der Waals surface area contributed by atoms with Gasteiger partial charge in [0, 0.05) is 17.1 Å². The Kier molecular flexibility index (Phi) is 2.62. The minimum Gasteiger partial charge on any atom is -0.476 e. The Morgan fingerprint density at radius 3 is 2.88 bits per heavy atom. The van der Waals surface area contributed by atoms with Gasteiger partial charge in [-0.25, -0.2) is 4.79 Å². The summed E-state index contributed by atoms with van der Waals surface area (Å²) >= 11 is 1.89. The first-order valence-electron chi connectivity index (χ1n) is 5.36. The van der Waals surface area contributed by atoms with Crippen LogP contribution in [0.5, 0.6) is 0 Å². The molecule has 1 aliphatic carbocycles. The van der Waals surface area contributed by atoms with Gasteiger partial charge in [-0.05, 0) is 24.7 Å². The van der Waals surface area contributed by atoms with Crippen molar-refractivity contribution < 1.29 is 13.8 Å². The van der Waals surface area contributed by atoms with Gasteiger partial charge in [-0.15, -0.1) is 3.89 Å². The number of carboxylic acid groups (broad SMARTS) is 1. The molecule has 0 amide bonds. The molecule has 17 heavy (non-hydrogen) atoms. The molecule has 0 aromatic carbocycles. The third kappa shape index (κ3) is 1.67. The van der Waals surface area contributed by atoms with Gasteiger partial charge in [-0.3, -0.25) is 0 Å². The van der Waals surface area contributed by atoms with E-state index in [-0.39, 0.29) is 23.4 Å². The number of fused-ring (bicyclic) bond motifs is 1. The number of nitrogens with zero attached hydrogens (tertiary/aromatic N) is 2. The first-order chi connectivity index (χ1) is 8.15. The number of carbonyl (C=O) groups is 1. The van der Waals surface area contributed by atoms with E-state index >= 15 is 0 Å². The van der Waals surface area contributed by atoms with Gasteiger partial charge in [0.05, 0.1) is 5.69 Å². The summed E-state index contributed by atoms with van der Waals surface area (Å²) in [5.74, 6) is 1.13. The molecule has 1 saturated heterocycles. The summed E-state index contributed by atoms with van der Waals surface area (Å²) in [5, 5.41) is 12.9. The molecule has 1 aromatic heterocycles. The van der Waals surface area contributed by atoms with Crippen molar-refractivity contribution in [2.75, 3.05) is 11.5 Å². The van der Waals surface area contributed by atoms with Crippen LogP contribution in [0, 0.1) is 5.41 Å². The average molecular weight is 274 g/mol. The molecule has 0 unspecified atom stereocenters. The molecule has 1 aliphatic heterocycles. The highest BCUT2D eigenvalue weighted by molar-refractivity contribution is 8.00. The van der Waals surface area contributed by atoms with E-state index in [1.807, 2.05) is 11.8 Å². The normalized spacial score (nSPS) is 21.0. The van der Waals surface area contributed by atoms with Crippen molar-refractivity contribution in [1.29, 1.82) is 0 Å². The third-order valence-corrected chi connectivity index (χ3v) is 5.65. The minimum absolute atomic E-state index is 0.00759. The van der Waals surface area contributed by atoms with Crippen LogP contribution in [0.15, 0.2) is 0 Å². The summed E-state index contributed by atoms with van der Waals surface area (Å²) in [6.07, 6.45) is 2.46. The summed E-state index contributed by atoms with van der Waals surface area (Å²) in [6, 6.07) is 0. The van der Waals surface area contributed by atoms with E-state index in [2.05, 4.69) is 5.10 Å². The molecule has 1 aromatic rings. The van der Waals surface area contributed by atoms with Crippen molar-refractivity contribution in [3.05, 3.63) is 17.0 Å². The van der Waals surface area contributed by atoms with Gasteiger partial charge < -0.3 is 5.11 Å². The third-order valence-electron chi connectivity index (χ3n) is 3.59. The van der Waals surface area contributed by atoms with Gasteiger partial charge in [0.15, 0.2) is 18.0 Å². The Labute approximate surface area is 106 Å². The highest BCUT2D eigenvalue weighted by Gasteiger charge is 2.43. The molecule has 1 spiro atoms. The molecule has 0 atom stereocenters. The topological polar surface area (TPSA) is 55.1 Å². The predicted octanol–water partition coefficient (Wildman–Crippen LogP) is 2.18. The van der Waals surface area contributed by atoms with Gasteiger partial charge in [-0.1, -0.05) is 0 Å². The molecule has 92 valence electrons. The van der Waals surface area contributed by atoms with Crippen LogP contribution < -0.4 is 0 Å². The Hall–Kier alpha value is -0.690. The number of hydrogen-bond donors (Lipinski definition) is 1. The smallest absolute Gasteiger partial charge is 0.356 e. The fourth-order valence-electron chi connectivity index (χ4n) is 2.60. The lowest BCUT2D eigenvalue weighted by molar-refractivity contribution is 0.0688. The summed E-state index contributed by atoms with van der Waals surface area (Å²) in [4.78, 5) is 11.0. The molecular weight excluding hydrogens is 263 g/mol. The van der Waals surface area contributed by atoms with Crippen LogP contribution in [0.2, 0.25) is 0 Å². The van der Waals surface area contributed by atoms with Gasteiger partial charge >= 0.3 is 5.97 Å². The number of aromatic carboxylic acids is 1. The van der Waals surface area contributed by atoms with E-state index in [1.54, 1.807) is 0 Å². The summed E-state index contributed by atoms with van der Waals surface area (Å²) in [7, 11) is 0. The summed E-state index contributed by atoms with van der Waals surface area (Å²) in [6.45, 7) is 0. The van der Waals surface area contributed by atoms with Gasteiger partial charge in [0.25, 0.3) is 0 Å². The number of thioether (sulfide) groups is 1. The lowest BCUT2D eigenvalue weighted by Crippen LogP contribution is -2.41. The van der Waals surface area contributed by atoms with Crippen molar-refractivity contribution in [2.24, 2.45) is 5.41 Å². The van der Waals surface area contributed by atoms with E-state index in [4.69, 9.17) is 5.11 Å². The zero-order valence-electron chi connectivity index (χ0n) is 8.98. The predicted molar refractivity (Wildman–Crippen MR) is 65.1 cm³/mol. The second-order valence-electron chi connectivity index (χ2n) is 4.69. The van der Waals surface area contributed by atoms with Crippen LogP contribution >= 0.6 is 24.1 Å². The van der Waals surface area contributed by atoms with Gasteiger partial charge in [0.1, 0.15) is 0 Å². The molecule has 4 nitrogen and oxygen atoms in total. The number of hydrogen-bond acceptors (Lipinski definition) is 4. The quantitative estimate of drug-likeness (QED) is 0.896. The fraction of sp³-hybridized carbons (Fsp3) is 0.600. The molecule has 7 heteroatoms. The molecule has 0 bridgehead atoms. The highest BCUT2D eigenvalue weighted by atomic mass is 32.2. The lowest BCUT2D eigenvalue weighted by Gasteiger charge is -2.44. The maximum atomic E-state index is 12.8. The monoisotopic (exact) mass is 274 g/mol. The van der Waals surface area contributed by atoms with Crippen molar-refractivity contribution in [3.63, 3.8) is 0 Å². The van der Waals surface area contributed by atoms with Gasteiger partial charge in [-0.2, -0.15) is 20.9 Å². The molecular formula is C10H11FN2O2S2. The molecule has 3 rings (SSSR count). The van der Waals surface area contributed by atoms with Crippen LogP contribution in [0.25, 0.3) is 0 Å². The van der Waals surface area contributed by atoms with E-state index in [0.717, 1.165) is 39.7 Å². The van der Waals surface area contributed by atoms with Crippen LogP contribution in [0.1, 0.15) is 28.2 Å². The second kappa shape index (κ2) is 3.91. The number of carboxylic acids is 1. The second-order valence-corrected chi connectivity index (χ2v) is 6.16. The van der Waals surface area contributed by atoms with Crippen molar-refractivity contribution in [1.82, 2.24) is 9.19 Å². The lowest BCUT2D eigenvalue weighted by atomic mass is 9.75. The first kappa shape index (κ1) is 11.4. The van der Waals surface area contributed by atoms with Crippen molar-refractivity contribution >= 4 is 30.1 Å². The summed E-state index contributed by atoms with van der Waals surface area (Å²) < 4.78 is 13.9. The Balaban J connectivity index is 2.03. The van der Waals surface area contributed by atoms with E-state index < -0.39 is 5.97 Å². The van der Waals surface area contributed by atoms with E-state index in [0.29, 0.717) is 6.42 Å². The largest absolute Gasteiger partial charge is 0.476 e.